The maximum absolute atomic E-state index is 13.4. The standard InChI is InChI=1S/C33H32ClN7O3/c34-29-14-7-8-15-31(29)43-24-30(33(36)41(39-37)21-9-20-35)40(22-25-10-3-1-4-11-25)23-32(42)38-26-16-18-28(19-17-26)44-27-12-5-2-6-13-27/h1-8,10-19,30,36-37H,9,21-24H2,(H,38,42). The average molecular weight is 610 g/mol. The highest BCUT2D eigenvalue weighted by Crippen LogP contribution is 2.25. The monoisotopic (exact) mass is 609 g/mol. The second kappa shape index (κ2) is 16.4. The van der Waals surface area contributed by atoms with Crippen LogP contribution in [-0.2, 0) is 11.3 Å². The first kappa shape index (κ1) is 31.7. The van der Waals surface area contributed by atoms with Gasteiger partial charge in [0.15, 0.2) is 0 Å². The molecule has 4 rings (SSSR count). The second-order valence-corrected chi connectivity index (χ2v) is 10.1. The van der Waals surface area contributed by atoms with Crippen molar-refractivity contribution in [3.63, 3.8) is 0 Å². The number of hydrogen-bond acceptors (Lipinski definition) is 8. The first-order valence-electron chi connectivity index (χ1n) is 13.8. The molecule has 10 nitrogen and oxygen atoms in total. The average Bonchev–Trinajstić information content (AvgIpc) is 3.04. The fourth-order valence-corrected chi connectivity index (χ4v) is 4.54. The molecule has 1 unspecified atom stereocenters. The van der Waals surface area contributed by atoms with Gasteiger partial charge < -0.3 is 14.8 Å². The molecule has 44 heavy (non-hydrogen) atoms. The highest BCUT2D eigenvalue weighted by Gasteiger charge is 2.30. The van der Waals surface area contributed by atoms with Crippen LogP contribution in [0.2, 0.25) is 5.02 Å². The summed E-state index contributed by atoms with van der Waals surface area (Å²) in [7, 11) is 0. The molecule has 1 amide bonds. The topological polar surface area (TPSA) is 138 Å². The predicted octanol–water partition coefficient (Wildman–Crippen LogP) is 7.16. The summed E-state index contributed by atoms with van der Waals surface area (Å²) in [6, 6.07) is 34.1. The summed E-state index contributed by atoms with van der Waals surface area (Å²) in [4.78, 5) is 15.2. The smallest absolute Gasteiger partial charge is 0.238 e. The van der Waals surface area contributed by atoms with Crippen LogP contribution in [0.15, 0.2) is 114 Å². The van der Waals surface area contributed by atoms with Gasteiger partial charge in [-0.25, -0.2) is 5.01 Å². The maximum Gasteiger partial charge on any atom is 0.238 e. The van der Waals surface area contributed by atoms with Crippen LogP contribution in [-0.4, -0.2) is 47.4 Å². The lowest BCUT2D eigenvalue weighted by Crippen LogP contribution is -2.52. The number of nitrogens with zero attached hydrogens (tertiary/aromatic N) is 4. The summed E-state index contributed by atoms with van der Waals surface area (Å²) >= 11 is 6.33. The van der Waals surface area contributed by atoms with Crippen LogP contribution in [0.25, 0.3) is 0 Å². The second-order valence-electron chi connectivity index (χ2n) is 9.65. The van der Waals surface area contributed by atoms with Crippen molar-refractivity contribution < 1.29 is 14.3 Å². The van der Waals surface area contributed by atoms with E-state index in [-0.39, 0.29) is 37.9 Å². The Kier molecular flexibility index (Phi) is 11.8. The summed E-state index contributed by atoms with van der Waals surface area (Å²) in [5.74, 6) is 1.34. The fraction of sp³-hybridized carbons (Fsp3) is 0.182. The number of carbonyl (C=O) groups is 1. The molecule has 0 radical (unpaired) electrons. The van der Waals surface area contributed by atoms with Crippen molar-refractivity contribution in [2.75, 3.05) is 25.0 Å². The van der Waals surface area contributed by atoms with Crippen molar-refractivity contribution in [1.82, 2.24) is 9.91 Å². The number of anilines is 1. The number of amidine groups is 1. The molecular weight excluding hydrogens is 578 g/mol. The molecule has 4 aromatic rings. The van der Waals surface area contributed by atoms with Gasteiger partial charge in [-0.15, -0.1) is 0 Å². The minimum Gasteiger partial charge on any atom is -0.490 e. The minimum absolute atomic E-state index is 0.0458. The molecule has 0 saturated heterocycles. The molecule has 0 aromatic heterocycles. The molecule has 0 aliphatic rings. The molecule has 11 heteroatoms. The zero-order chi connectivity index (χ0) is 31.1. The van der Waals surface area contributed by atoms with E-state index in [4.69, 9.17) is 37.3 Å². The van der Waals surface area contributed by atoms with Crippen LogP contribution in [0.5, 0.6) is 17.2 Å². The van der Waals surface area contributed by atoms with Crippen LogP contribution in [0.4, 0.5) is 5.69 Å². The highest BCUT2D eigenvalue weighted by molar-refractivity contribution is 6.32. The van der Waals surface area contributed by atoms with E-state index in [0.29, 0.717) is 34.5 Å². The number of hydrogen-bond donors (Lipinski definition) is 3. The molecule has 0 heterocycles. The number of carbonyl (C=O) groups excluding carboxylic acids is 1. The molecule has 0 aliphatic heterocycles. The SMILES string of the molecule is N#CCCN(N=N)C(=N)C(COc1ccccc1Cl)N(CC(=O)Nc1ccc(Oc2ccccc2)cc1)Cc1ccccc1. The van der Waals surface area contributed by atoms with Gasteiger partial charge in [-0.3, -0.25) is 15.1 Å². The van der Waals surface area contributed by atoms with Gasteiger partial charge in [0.2, 0.25) is 5.91 Å². The van der Waals surface area contributed by atoms with E-state index < -0.39 is 6.04 Å². The zero-order valence-corrected chi connectivity index (χ0v) is 24.7. The third kappa shape index (κ3) is 9.39. The Labute approximate surface area is 261 Å². The van der Waals surface area contributed by atoms with Crippen molar-refractivity contribution in [1.29, 1.82) is 16.2 Å². The van der Waals surface area contributed by atoms with Crippen molar-refractivity contribution in [2.45, 2.75) is 19.0 Å². The van der Waals surface area contributed by atoms with Gasteiger partial charge in [0.25, 0.3) is 0 Å². The third-order valence-corrected chi connectivity index (χ3v) is 6.83. The van der Waals surface area contributed by atoms with Crippen molar-refractivity contribution >= 4 is 29.0 Å². The van der Waals surface area contributed by atoms with Crippen molar-refractivity contribution in [3.05, 3.63) is 120 Å². The first-order valence-corrected chi connectivity index (χ1v) is 14.2. The Morgan fingerprint density at radius 2 is 1.57 bits per heavy atom. The summed E-state index contributed by atoms with van der Waals surface area (Å²) in [5.41, 5.74) is 9.15. The van der Waals surface area contributed by atoms with Crippen LogP contribution in [0.3, 0.4) is 0 Å². The molecule has 3 N–H and O–H groups in total. The molecule has 0 spiro atoms. The number of benzene rings is 4. The molecule has 0 saturated carbocycles. The van der Waals surface area contributed by atoms with Gasteiger partial charge >= 0.3 is 0 Å². The lowest BCUT2D eigenvalue weighted by atomic mass is 10.1. The quantitative estimate of drug-likeness (QED) is 0.0566. The molecule has 1 atom stereocenters. The first-order chi connectivity index (χ1) is 21.5. The van der Waals surface area contributed by atoms with E-state index in [1.807, 2.05) is 66.7 Å². The van der Waals surface area contributed by atoms with Gasteiger partial charge in [0.1, 0.15) is 35.7 Å². The highest BCUT2D eigenvalue weighted by atomic mass is 35.5. The van der Waals surface area contributed by atoms with E-state index in [2.05, 4.69) is 10.5 Å². The largest absolute Gasteiger partial charge is 0.490 e. The maximum atomic E-state index is 13.4. The van der Waals surface area contributed by atoms with Crippen LogP contribution in [0, 0.1) is 22.3 Å². The number of amides is 1. The normalized spacial score (nSPS) is 11.2. The van der Waals surface area contributed by atoms with Gasteiger partial charge in [-0.1, -0.05) is 77.5 Å². The lowest BCUT2D eigenvalue weighted by molar-refractivity contribution is -0.117. The summed E-state index contributed by atoms with van der Waals surface area (Å²) in [6.45, 7) is 0.165. The molecule has 4 aromatic carbocycles. The van der Waals surface area contributed by atoms with E-state index in [9.17, 15) is 4.79 Å². The van der Waals surface area contributed by atoms with Crippen LogP contribution < -0.4 is 14.8 Å². The lowest BCUT2D eigenvalue weighted by Gasteiger charge is -2.34. The number of nitriles is 1. The van der Waals surface area contributed by atoms with E-state index in [1.165, 1.54) is 0 Å². The van der Waals surface area contributed by atoms with Gasteiger partial charge in [-0.05, 0) is 54.1 Å². The predicted molar refractivity (Wildman–Crippen MR) is 169 cm³/mol. The van der Waals surface area contributed by atoms with Crippen LogP contribution in [0.1, 0.15) is 12.0 Å². The Morgan fingerprint density at radius 1 is 0.932 bits per heavy atom. The number of para-hydroxylation sites is 2. The fourth-order valence-electron chi connectivity index (χ4n) is 4.35. The molecule has 224 valence electrons. The molecule has 0 aliphatic carbocycles. The van der Waals surface area contributed by atoms with Crippen LogP contribution >= 0.6 is 11.6 Å². The number of ether oxygens (including phenoxy) is 2. The molecular formula is C33H32ClN7O3. The Bertz CT molecular complexity index is 1560. The van der Waals surface area contributed by atoms with Gasteiger partial charge in [0, 0.05) is 12.2 Å². The summed E-state index contributed by atoms with van der Waals surface area (Å²) in [5, 5.41) is 26.0. The van der Waals surface area contributed by atoms with E-state index in [1.54, 1.807) is 53.4 Å². The van der Waals surface area contributed by atoms with E-state index in [0.717, 1.165) is 10.6 Å². The van der Waals surface area contributed by atoms with Crippen molar-refractivity contribution in [3.8, 4) is 23.3 Å². The van der Waals surface area contributed by atoms with Gasteiger partial charge in [-0.2, -0.15) is 10.8 Å². The number of rotatable bonds is 15. The zero-order valence-electron chi connectivity index (χ0n) is 23.9. The molecule has 0 fully saturated rings. The Morgan fingerprint density at radius 3 is 2.23 bits per heavy atom. The van der Waals surface area contributed by atoms with Crippen molar-refractivity contribution in [2.24, 2.45) is 5.22 Å². The molecule has 0 bridgehead atoms. The minimum atomic E-state index is -0.827. The summed E-state index contributed by atoms with van der Waals surface area (Å²) in [6.07, 6.45) is 0.0615. The Hall–Kier alpha value is -5.24. The Balaban J connectivity index is 1.55. The number of halogens is 1. The summed E-state index contributed by atoms with van der Waals surface area (Å²) < 4.78 is 11.9. The third-order valence-electron chi connectivity index (χ3n) is 6.52. The van der Waals surface area contributed by atoms with E-state index >= 15 is 0 Å². The number of nitrogens with one attached hydrogen (secondary N) is 3. The van der Waals surface area contributed by atoms with Gasteiger partial charge in [0.05, 0.1) is 30.6 Å².